The van der Waals surface area contributed by atoms with E-state index in [4.69, 9.17) is 4.74 Å². The second-order valence-corrected chi connectivity index (χ2v) is 8.02. The predicted octanol–water partition coefficient (Wildman–Crippen LogP) is -5.08. The van der Waals surface area contributed by atoms with Gasteiger partial charge in [0.05, 0.1) is 6.61 Å². The van der Waals surface area contributed by atoms with Crippen molar-refractivity contribution in [3.63, 3.8) is 0 Å². The van der Waals surface area contributed by atoms with Gasteiger partial charge in [0.1, 0.15) is 41.0 Å². The second-order valence-electron chi connectivity index (χ2n) is 5.93. The second kappa shape index (κ2) is 12.4. The molecule has 1 aromatic rings. The Balaban J connectivity index is 0.00000420. The van der Waals surface area contributed by atoms with Crippen LogP contribution in [0, 0.1) is 0 Å². The van der Waals surface area contributed by atoms with Crippen LogP contribution < -0.4 is 51.4 Å². The Kier molecular flexibility index (Phi) is 11.7. The van der Waals surface area contributed by atoms with Crippen molar-refractivity contribution in [3.8, 4) is 0 Å². The van der Waals surface area contributed by atoms with Crippen molar-refractivity contribution < 1.29 is 98.9 Å². The van der Waals surface area contributed by atoms with Crippen LogP contribution in [-0.2, 0) is 25.8 Å². The molecule has 5 N–H and O–H groups in total. The molecule has 2 rings (SSSR count). The minimum atomic E-state index is -5.21. The van der Waals surface area contributed by atoms with E-state index in [2.05, 4.69) is 9.44 Å². The first-order chi connectivity index (χ1) is 13.1. The van der Waals surface area contributed by atoms with Crippen LogP contribution in [0.1, 0.15) is 5.56 Å². The molecule has 0 bridgehead atoms. The molecule has 0 amide bonds. The molecule has 0 spiro atoms. The van der Waals surface area contributed by atoms with Gasteiger partial charge in [0.2, 0.25) is 0 Å². The Bertz CT molecular complexity index is 764. The number of benzene rings is 1. The Morgan fingerprint density at radius 1 is 1.21 bits per heavy atom. The van der Waals surface area contributed by atoms with Crippen LogP contribution in [0.25, 0.3) is 0 Å². The van der Waals surface area contributed by atoms with Crippen LogP contribution in [0.4, 0.5) is 0 Å². The summed E-state index contributed by atoms with van der Waals surface area (Å²) in [7, 11) is -5.21. The summed E-state index contributed by atoms with van der Waals surface area (Å²) < 4.78 is 41.2. The smallest absolute Gasteiger partial charge is 0.714 e. The molecule has 29 heavy (non-hydrogen) atoms. The topological polar surface area (TPSA) is 189 Å². The Labute approximate surface area is 214 Å². The van der Waals surface area contributed by atoms with Crippen LogP contribution >= 0.6 is 11.8 Å². The van der Waals surface area contributed by atoms with Crippen molar-refractivity contribution >= 4 is 27.2 Å². The molecule has 158 valence electrons. The number of ether oxygens (including phenoxy) is 1. The molecule has 1 aliphatic heterocycles. The molecule has 6 atom stereocenters. The maximum atomic E-state index is 10.7. The molecular formula is C15H20KNO10S2. The zero-order chi connectivity index (χ0) is 20.9. The molecule has 1 saturated heterocycles. The number of aliphatic hydroxyl groups excluding tert-OH is 5. The van der Waals surface area contributed by atoms with Gasteiger partial charge in [0, 0.05) is 6.42 Å². The SMILES string of the molecule is O=S(=O)([O-])ON=C(SC1OC(CO)C(O)C(O)C1O)C(O)Cc1ccccc1.[K+]. The maximum Gasteiger partial charge on any atom is 1.00 e. The minimum absolute atomic E-state index is 0. The summed E-state index contributed by atoms with van der Waals surface area (Å²) in [6, 6.07) is 8.54. The molecule has 1 heterocycles. The fraction of sp³-hybridized carbons (Fsp3) is 0.533. The molecule has 14 heteroatoms. The van der Waals surface area contributed by atoms with E-state index < -0.39 is 58.0 Å². The number of nitrogens with zero attached hydrogens (tertiary/aromatic N) is 1. The molecular weight excluding hydrogens is 457 g/mol. The first-order valence-corrected chi connectivity index (χ1v) is 10.2. The van der Waals surface area contributed by atoms with Gasteiger partial charge in [-0.15, -0.1) is 0 Å². The quantitative estimate of drug-likeness (QED) is 0.0631. The number of hydrogen-bond donors (Lipinski definition) is 5. The third-order valence-electron chi connectivity index (χ3n) is 3.86. The summed E-state index contributed by atoms with van der Waals surface area (Å²) >= 11 is 0.484. The summed E-state index contributed by atoms with van der Waals surface area (Å²) in [6.07, 6.45) is -7.63. The van der Waals surface area contributed by atoms with Crippen LogP contribution in [0.3, 0.4) is 0 Å². The van der Waals surface area contributed by atoms with E-state index in [0.29, 0.717) is 17.3 Å². The van der Waals surface area contributed by atoms with E-state index in [-0.39, 0.29) is 57.8 Å². The molecule has 0 radical (unpaired) electrons. The Morgan fingerprint density at radius 3 is 2.38 bits per heavy atom. The van der Waals surface area contributed by atoms with Crippen LogP contribution in [0.5, 0.6) is 0 Å². The zero-order valence-electron chi connectivity index (χ0n) is 15.3. The third-order valence-corrected chi connectivity index (χ3v) is 5.33. The normalized spacial score (nSPS) is 29.0. The van der Waals surface area contributed by atoms with Crippen molar-refractivity contribution in [1.82, 2.24) is 0 Å². The van der Waals surface area contributed by atoms with Gasteiger partial charge in [0.25, 0.3) is 10.4 Å². The molecule has 6 unspecified atom stereocenters. The number of hydrogen-bond acceptors (Lipinski definition) is 12. The van der Waals surface area contributed by atoms with Crippen molar-refractivity contribution in [1.29, 1.82) is 0 Å². The molecule has 1 aromatic carbocycles. The number of thioether (sulfide) groups is 1. The largest absolute Gasteiger partial charge is 1.00 e. The van der Waals surface area contributed by atoms with Gasteiger partial charge in [0.15, 0.2) is 0 Å². The fourth-order valence-electron chi connectivity index (χ4n) is 2.45. The Hall–Kier alpha value is 0.346. The molecule has 1 aliphatic rings. The van der Waals surface area contributed by atoms with Gasteiger partial charge in [-0.25, -0.2) is 0 Å². The van der Waals surface area contributed by atoms with Gasteiger partial charge < -0.3 is 34.8 Å². The Morgan fingerprint density at radius 2 is 1.83 bits per heavy atom. The molecule has 11 nitrogen and oxygen atoms in total. The zero-order valence-corrected chi connectivity index (χ0v) is 20.1. The van der Waals surface area contributed by atoms with Crippen molar-refractivity contribution in [3.05, 3.63) is 35.9 Å². The van der Waals surface area contributed by atoms with E-state index in [0.717, 1.165) is 0 Å². The standard InChI is InChI=1S/C15H21NO10S2.K/c17-7-10-11(19)12(20)13(21)15(25-10)27-14(16-26-28(22,23)24)9(18)6-8-4-2-1-3-5-8;/h1-5,9-13,15,17-21H,6-7H2,(H,22,23,24);/q;+1/p-1. The minimum Gasteiger partial charge on any atom is -0.714 e. The molecule has 0 aliphatic carbocycles. The number of aliphatic hydroxyl groups is 5. The predicted molar refractivity (Wildman–Crippen MR) is 95.7 cm³/mol. The molecule has 0 saturated carbocycles. The molecule has 0 aromatic heterocycles. The van der Waals surface area contributed by atoms with E-state index in [9.17, 15) is 38.5 Å². The summed E-state index contributed by atoms with van der Waals surface area (Å²) in [5.74, 6) is 0. The average Bonchev–Trinajstić information content (AvgIpc) is 2.65. The van der Waals surface area contributed by atoms with Gasteiger partial charge in [-0.2, -0.15) is 8.42 Å². The van der Waals surface area contributed by atoms with Crippen molar-refractivity contribution in [2.24, 2.45) is 5.16 Å². The summed E-state index contributed by atoms with van der Waals surface area (Å²) in [6.45, 7) is -0.674. The van der Waals surface area contributed by atoms with Crippen LogP contribution in [0.15, 0.2) is 35.5 Å². The van der Waals surface area contributed by atoms with Crippen molar-refractivity contribution in [2.75, 3.05) is 6.61 Å². The summed E-state index contributed by atoms with van der Waals surface area (Å²) in [5.41, 5.74) is -0.695. The third kappa shape index (κ3) is 8.42. The first kappa shape index (κ1) is 27.4. The summed E-state index contributed by atoms with van der Waals surface area (Å²) in [5, 5.41) is 52.0. The van der Waals surface area contributed by atoms with Gasteiger partial charge in [-0.1, -0.05) is 47.2 Å². The summed E-state index contributed by atoms with van der Waals surface area (Å²) in [4.78, 5) is 0. The van der Waals surface area contributed by atoms with Gasteiger partial charge in [-0.05, 0) is 5.56 Å². The molecule has 1 fully saturated rings. The maximum absolute atomic E-state index is 10.7. The average molecular weight is 478 g/mol. The van der Waals surface area contributed by atoms with Gasteiger partial charge in [-0.3, -0.25) is 4.28 Å². The van der Waals surface area contributed by atoms with Crippen LogP contribution in [-0.4, -0.2) is 86.1 Å². The number of oxime groups is 1. The fourth-order valence-corrected chi connectivity index (χ4v) is 3.73. The monoisotopic (exact) mass is 477 g/mol. The first-order valence-electron chi connectivity index (χ1n) is 8.04. The van der Waals surface area contributed by atoms with Crippen molar-refractivity contribution in [2.45, 2.75) is 42.4 Å². The van der Waals surface area contributed by atoms with E-state index in [1.807, 2.05) is 0 Å². The van der Waals surface area contributed by atoms with E-state index in [1.54, 1.807) is 30.3 Å². The van der Waals surface area contributed by atoms with Gasteiger partial charge >= 0.3 is 51.4 Å². The van der Waals surface area contributed by atoms with Crippen LogP contribution in [0.2, 0.25) is 0 Å². The van der Waals surface area contributed by atoms with E-state index in [1.165, 1.54) is 0 Å². The number of rotatable bonds is 7. The van der Waals surface area contributed by atoms with E-state index >= 15 is 0 Å².